The number of ether oxygens (including phenoxy) is 3. The molecule has 0 radical (unpaired) electrons. The fraction of sp³-hybridized carbons (Fsp3) is 0.562. The van der Waals surface area contributed by atoms with Crippen molar-refractivity contribution in [2.75, 3.05) is 0 Å². The summed E-state index contributed by atoms with van der Waals surface area (Å²) >= 11 is 0. The molecule has 1 aromatic heterocycles. The van der Waals surface area contributed by atoms with Crippen molar-refractivity contribution in [1.82, 2.24) is 4.98 Å². The topological polar surface area (TPSA) is 94.7 Å². The third-order valence-corrected chi connectivity index (χ3v) is 3.56. The summed E-state index contributed by atoms with van der Waals surface area (Å²) in [6.07, 6.45) is -1.12. The summed E-state index contributed by atoms with van der Waals surface area (Å²) in [5, 5.41) is 0. The van der Waals surface area contributed by atoms with Crippen LogP contribution in [-0.4, -0.2) is 41.2 Å². The zero-order valence-corrected chi connectivity index (χ0v) is 13.9. The third-order valence-electron chi connectivity index (χ3n) is 3.56. The number of hydrogen-bond acceptors (Lipinski definition) is 6. The first kappa shape index (κ1) is 17.1. The zero-order valence-electron chi connectivity index (χ0n) is 13.9. The van der Waals surface area contributed by atoms with Crippen LogP contribution in [0.1, 0.15) is 59.3 Å². The lowest BCUT2D eigenvalue weighted by Gasteiger charge is -2.09. The van der Waals surface area contributed by atoms with Crippen LogP contribution in [0, 0.1) is 13.8 Å². The van der Waals surface area contributed by atoms with Crippen molar-refractivity contribution in [3.8, 4) is 0 Å². The largest absolute Gasteiger partial charge is 0.460 e. The van der Waals surface area contributed by atoms with Gasteiger partial charge in [-0.3, -0.25) is 0 Å². The van der Waals surface area contributed by atoms with E-state index in [-0.39, 0.29) is 17.9 Å². The SMILES string of the molecule is Cc1[nH]c(C(=O)O[C@H]2C[C@@H](C)OC2=O)c(C)c1C(=O)OC(C)C. The summed E-state index contributed by atoms with van der Waals surface area (Å²) < 4.78 is 15.3. The number of esters is 3. The molecule has 0 unspecified atom stereocenters. The minimum Gasteiger partial charge on any atom is -0.460 e. The van der Waals surface area contributed by atoms with Gasteiger partial charge in [0.25, 0.3) is 0 Å². The van der Waals surface area contributed by atoms with Gasteiger partial charge in [-0.15, -0.1) is 0 Å². The Bertz CT molecular complexity index is 645. The van der Waals surface area contributed by atoms with Gasteiger partial charge < -0.3 is 19.2 Å². The molecule has 2 heterocycles. The van der Waals surface area contributed by atoms with Gasteiger partial charge in [-0.2, -0.15) is 0 Å². The highest BCUT2D eigenvalue weighted by Crippen LogP contribution is 2.23. The number of carbonyl (C=O) groups excluding carboxylic acids is 3. The van der Waals surface area contributed by atoms with Crippen LogP contribution in [0.4, 0.5) is 0 Å². The number of cyclic esters (lactones) is 1. The van der Waals surface area contributed by atoms with Crippen molar-refractivity contribution < 1.29 is 28.6 Å². The van der Waals surface area contributed by atoms with Crippen molar-refractivity contribution in [3.63, 3.8) is 0 Å². The molecule has 0 spiro atoms. The maximum atomic E-state index is 12.3. The number of aromatic amines is 1. The second kappa shape index (κ2) is 6.44. The van der Waals surface area contributed by atoms with Crippen molar-refractivity contribution in [2.45, 2.75) is 59.4 Å². The van der Waals surface area contributed by atoms with Gasteiger partial charge in [0, 0.05) is 12.1 Å². The molecule has 1 N–H and O–H groups in total. The Kier molecular flexibility index (Phi) is 4.77. The van der Waals surface area contributed by atoms with Crippen molar-refractivity contribution in [2.24, 2.45) is 0 Å². The molecule has 126 valence electrons. The number of H-pyrrole nitrogens is 1. The molecular formula is C16H21NO6. The van der Waals surface area contributed by atoms with Gasteiger partial charge in [-0.05, 0) is 40.2 Å². The molecule has 0 bridgehead atoms. The lowest BCUT2D eigenvalue weighted by Crippen LogP contribution is -2.23. The van der Waals surface area contributed by atoms with Crippen LogP contribution in [0.2, 0.25) is 0 Å². The molecule has 1 aliphatic rings. The molecule has 1 aliphatic heterocycles. The summed E-state index contributed by atoms with van der Waals surface area (Å²) in [5.74, 6) is -1.74. The molecule has 0 saturated carbocycles. The first-order valence-corrected chi connectivity index (χ1v) is 7.52. The quantitative estimate of drug-likeness (QED) is 0.673. The highest BCUT2D eigenvalue weighted by Gasteiger charge is 2.36. The number of aromatic nitrogens is 1. The number of nitrogens with one attached hydrogen (secondary N) is 1. The Balaban J connectivity index is 2.19. The second-order valence-corrected chi connectivity index (χ2v) is 5.96. The van der Waals surface area contributed by atoms with Crippen molar-refractivity contribution in [3.05, 3.63) is 22.5 Å². The Morgan fingerprint density at radius 3 is 2.43 bits per heavy atom. The van der Waals surface area contributed by atoms with Gasteiger partial charge in [0.1, 0.15) is 11.8 Å². The smallest absolute Gasteiger partial charge is 0.355 e. The van der Waals surface area contributed by atoms with E-state index in [2.05, 4.69) is 4.98 Å². The maximum Gasteiger partial charge on any atom is 0.355 e. The highest BCUT2D eigenvalue weighted by atomic mass is 16.6. The molecule has 1 saturated heterocycles. The van der Waals surface area contributed by atoms with E-state index in [1.165, 1.54) is 0 Å². The van der Waals surface area contributed by atoms with E-state index in [9.17, 15) is 14.4 Å². The zero-order chi connectivity index (χ0) is 17.3. The first-order valence-electron chi connectivity index (χ1n) is 7.52. The minimum absolute atomic E-state index is 0.144. The van der Waals surface area contributed by atoms with E-state index in [1.54, 1.807) is 34.6 Å². The molecule has 0 aromatic carbocycles. The van der Waals surface area contributed by atoms with E-state index in [0.717, 1.165) is 0 Å². The van der Waals surface area contributed by atoms with E-state index in [0.29, 0.717) is 23.2 Å². The van der Waals surface area contributed by atoms with Gasteiger partial charge in [0.15, 0.2) is 0 Å². The summed E-state index contributed by atoms with van der Waals surface area (Å²) in [7, 11) is 0. The number of carbonyl (C=O) groups is 3. The Hall–Kier alpha value is -2.31. The lowest BCUT2D eigenvalue weighted by molar-refractivity contribution is -0.147. The average Bonchev–Trinajstić information content (AvgIpc) is 2.88. The molecule has 1 aromatic rings. The molecule has 2 rings (SSSR count). The Labute approximate surface area is 134 Å². The minimum atomic E-state index is -0.911. The highest BCUT2D eigenvalue weighted by molar-refractivity contribution is 5.99. The van der Waals surface area contributed by atoms with Gasteiger partial charge in [-0.25, -0.2) is 14.4 Å². The van der Waals surface area contributed by atoms with Crippen LogP contribution < -0.4 is 0 Å². The first-order chi connectivity index (χ1) is 10.7. The van der Waals surface area contributed by atoms with Crippen LogP contribution in [0.25, 0.3) is 0 Å². The normalized spacial score (nSPS) is 20.5. The Morgan fingerprint density at radius 2 is 1.91 bits per heavy atom. The van der Waals surface area contributed by atoms with E-state index in [4.69, 9.17) is 14.2 Å². The van der Waals surface area contributed by atoms with Crippen molar-refractivity contribution >= 4 is 17.9 Å². The molecule has 23 heavy (non-hydrogen) atoms. The molecule has 1 fully saturated rings. The van der Waals surface area contributed by atoms with E-state index < -0.39 is 24.0 Å². The maximum absolute atomic E-state index is 12.3. The summed E-state index contributed by atoms with van der Waals surface area (Å²) in [6, 6.07) is 0. The van der Waals surface area contributed by atoms with Crippen LogP contribution in [0.15, 0.2) is 0 Å². The molecule has 0 aliphatic carbocycles. The standard InChI is InChI=1S/C16H21NO6/c1-7(2)21-15(19)12-9(4)13(17-10(12)5)16(20)23-11-6-8(3)22-14(11)18/h7-8,11,17H,6H2,1-5H3/t8-,11+/m1/s1. The fourth-order valence-electron chi connectivity index (χ4n) is 2.54. The summed E-state index contributed by atoms with van der Waals surface area (Å²) in [4.78, 5) is 38.8. The van der Waals surface area contributed by atoms with Crippen LogP contribution in [0.5, 0.6) is 0 Å². The molecule has 0 amide bonds. The van der Waals surface area contributed by atoms with Gasteiger partial charge in [0.2, 0.25) is 6.10 Å². The number of rotatable bonds is 4. The van der Waals surface area contributed by atoms with E-state index in [1.807, 2.05) is 0 Å². The molecule has 7 heteroatoms. The van der Waals surface area contributed by atoms with Gasteiger partial charge >= 0.3 is 17.9 Å². The number of aryl methyl sites for hydroxylation is 1. The van der Waals surface area contributed by atoms with Crippen LogP contribution >= 0.6 is 0 Å². The summed E-state index contributed by atoms with van der Waals surface area (Å²) in [5.41, 5.74) is 1.42. The second-order valence-electron chi connectivity index (χ2n) is 5.96. The number of hydrogen-bond donors (Lipinski definition) is 1. The fourth-order valence-corrected chi connectivity index (χ4v) is 2.54. The van der Waals surface area contributed by atoms with Gasteiger partial charge in [-0.1, -0.05) is 0 Å². The molecule has 7 nitrogen and oxygen atoms in total. The van der Waals surface area contributed by atoms with Crippen LogP contribution in [-0.2, 0) is 19.0 Å². The van der Waals surface area contributed by atoms with Crippen molar-refractivity contribution in [1.29, 1.82) is 0 Å². The van der Waals surface area contributed by atoms with Crippen LogP contribution in [0.3, 0.4) is 0 Å². The predicted octanol–water partition coefficient (Wildman–Crippen LogP) is 2.06. The molecular weight excluding hydrogens is 302 g/mol. The summed E-state index contributed by atoms with van der Waals surface area (Å²) in [6.45, 7) is 8.53. The van der Waals surface area contributed by atoms with E-state index >= 15 is 0 Å². The Morgan fingerprint density at radius 1 is 1.26 bits per heavy atom. The average molecular weight is 323 g/mol. The third kappa shape index (κ3) is 3.55. The monoisotopic (exact) mass is 323 g/mol. The van der Waals surface area contributed by atoms with Gasteiger partial charge in [0.05, 0.1) is 11.7 Å². The molecule has 2 atom stereocenters. The predicted molar refractivity (Wildman–Crippen MR) is 80.2 cm³/mol. The lowest BCUT2D eigenvalue weighted by atomic mass is 10.1.